The summed E-state index contributed by atoms with van der Waals surface area (Å²) in [5.74, 6) is 0.589. The van der Waals surface area contributed by atoms with Crippen molar-refractivity contribution in [2.45, 2.75) is 53.5 Å². The predicted octanol–water partition coefficient (Wildman–Crippen LogP) is 3.03. The minimum absolute atomic E-state index is 0.589. The number of nitrogens with zero attached hydrogens (tertiary/aromatic N) is 2. The number of hydrogen-bond acceptors (Lipinski definition) is 1. The lowest BCUT2D eigenvalue weighted by Gasteiger charge is -2.06. The van der Waals surface area contributed by atoms with Crippen molar-refractivity contribution in [1.82, 2.24) is 9.78 Å². The lowest BCUT2D eigenvalue weighted by Crippen LogP contribution is -2.02. The van der Waals surface area contributed by atoms with Gasteiger partial charge in [-0.3, -0.25) is 4.68 Å². The van der Waals surface area contributed by atoms with Crippen LogP contribution in [-0.2, 0) is 6.54 Å². The third kappa shape index (κ3) is 1.93. The van der Waals surface area contributed by atoms with Gasteiger partial charge < -0.3 is 0 Å². The molecular formula is C11H20N2. The quantitative estimate of drug-likeness (QED) is 0.699. The van der Waals surface area contributed by atoms with Gasteiger partial charge in [0.25, 0.3) is 0 Å². The summed E-state index contributed by atoms with van der Waals surface area (Å²) in [5, 5.41) is 4.54. The molecule has 2 heteroatoms. The van der Waals surface area contributed by atoms with Crippen LogP contribution in [0.25, 0.3) is 0 Å². The first-order valence-electron chi connectivity index (χ1n) is 5.11. The van der Waals surface area contributed by atoms with E-state index in [0.717, 1.165) is 13.0 Å². The SMILES string of the molecule is CCCn1nc(C)c(C(C)C)c1C. The molecule has 0 N–H and O–H groups in total. The first kappa shape index (κ1) is 10.3. The lowest BCUT2D eigenvalue weighted by atomic mass is 10.0. The molecule has 0 bridgehead atoms. The summed E-state index contributed by atoms with van der Waals surface area (Å²) in [6.45, 7) is 12.0. The van der Waals surface area contributed by atoms with Gasteiger partial charge in [-0.1, -0.05) is 20.8 Å². The molecule has 0 fully saturated rings. The van der Waals surface area contributed by atoms with Gasteiger partial charge in [-0.2, -0.15) is 5.10 Å². The molecule has 0 amide bonds. The average Bonchev–Trinajstić information content (AvgIpc) is 2.28. The van der Waals surface area contributed by atoms with Crippen LogP contribution in [0.4, 0.5) is 0 Å². The van der Waals surface area contributed by atoms with E-state index in [0.29, 0.717) is 5.92 Å². The van der Waals surface area contributed by atoms with Crippen LogP contribution in [0.5, 0.6) is 0 Å². The van der Waals surface area contributed by atoms with Gasteiger partial charge in [0.2, 0.25) is 0 Å². The van der Waals surface area contributed by atoms with Crippen molar-refractivity contribution in [2.24, 2.45) is 0 Å². The molecule has 0 aliphatic rings. The monoisotopic (exact) mass is 180 g/mol. The van der Waals surface area contributed by atoms with Crippen LogP contribution in [-0.4, -0.2) is 9.78 Å². The van der Waals surface area contributed by atoms with Gasteiger partial charge in [0.1, 0.15) is 0 Å². The van der Waals surface area contributed by atoms with E-state index in [2.05, 4.69) is 44.4 Å². The highest BCUT2D eigenvalue weighted by Gasteiger charge is 2.13. The molecule has 0 aromatic carbocycles. The van der Waals surface area contributed by atoms with E-state index < -0.39 is 0 Å². The highest BCUT2D eigenvalue weighted by atomic mass is 15.3. The molecule has 0 spiro atoms. The molecule has 0 radical (unpaired) electrons. The van der Waals surface area contributed by atoms with Crippen molar-refractivity contribution < 1.29 is 0 Å². The van der Waals surface area contributed by atoms with Crippen molar-refractivity contribution in [3.63, 3.8) is 0 Å². The van der Waals surface area contributed by atoms with Crippen molar-refractivity contribution in [3.8, 4) is 0 Å². The van der Waals surface area contributed by atoms with Gasteiger partial charge in [0.15, 0.2) is 0 Å². The first-order chi connectivity index (χ1) is 6.07. The molecule has 1 heterocycles. The van der Waals surface area contributed by atoms with E-state index in [1.54, 1.807) is 0 Å². The number of hydrogen-bond donors (Lipinski definition) is 0. The molecule has 0 aliphatic carbocycles. The summed E-state index contributed by atoms with van der Waals surface area (Å²) in [5.41, 5.74) is 3.96. The minimum atomic E-state index is 0.589. The summed E-state index contributed by atoms with van der Waals surface area (Å²) in [6, 6.07) is 0. The fraction of sp³-hybridized carbons (Fsp3) is 0.727. The van der Waals surface area contributed by atoms with Crippen molar-refractivity contribution in [1.29, 1.82) is 0 Å². The van der Waals surface area contributed by atoms with E-state index in [1.165, 1.54) is 17.0 Å². The minimum Gasteiger partial charge on any atom is -0.269 e. The molecule has 1 aromatic rings. The van der Waals surface area contributed by atoms with Crippen molar-refractivity contribution in [3.05, 3.63) is 17.0 Å². The normalized spacial score (nSPS) is 11.2. The second-order valence-corrected chi connectivity index (χ2v) is 3.96. The molecule has 0 aliphatic heterocycles. The zero-order valence-electron chi connectivity index (χ0n) is 9.39. The largest absolute Gasteiger partial charge is 0.269 e. The maximum absolute atomic E-state index is 4.54. The van der Waals surface area contributed by atoms with Crippen LogP contribution in [0.3, 0.4) is 0 Å². The Bertz CT molecular complexity index is 285. The van der Waals surface area contributed by atoms with E-state index in [4.69, 9.17) is 0 Å². The zero-order chi connectivity index (χ0) is 10.0. The summed E-state index contributed by atoms with van der Waals surface area (Å²) in [7, 11) is 0. The molecule has 1 aromatic heterocycles. The van der Waals surface area contributed by atoms with Crippen LogP contribution in [0, 0.1) is 13.8 Å². The molecule has 0 saturated carbocycles. The van der Waals surface area contributed by atoms with Crippen LogP contribution >= 0.6 is 0 Å². The van der Waals surface area contributed by atoms with Crippen LogP contribution in [0.2, 0.25) is 0 Å². The van der Waals surface area contributed by atoms with Crippen LogP contribution in [0.15, 0.2) is 0 Å². The van der Waals surface area contributed by atoms with Gasteiger partial charge in [0, 0.05) is 12.2 Å². The zero-order valence-corrected chi connectivity index (χ0v) is 9.39. The smallest absolute Gasteiger partial charge is 0.0631 e. The molecule has 1 rings (SSSR count). The van der Waals surface area contributed by atoms with Gasteiger partial charge in [0.05, 0.1) is 5.69 Å². The summed E-state index contributed by atoms with van der Waals surface area (Å²) < 4.78 is 2.13. The summed E-state index contributed by atoms with van der Waals surface area (Å²) in [4.78, 5) is 0. The fourth-order valence-electron chi connectivity index (χ4n) is 1.98. The van der Waals surface area contributed by atoms with Crippen molar-refractivity contribution in [2.75, 3.05) is 0 Å². The Balaban J connectivity index is 3.07. The second-order valence-electron chi connectivity index (χ2n) is 3.96. The Morgan fingerprint density at radius 3 is 2.31 bits per heavy atom. The maximum Gasteiger partial charge on any atom is 0.0631 e. The third-order valence-electron chi connectivity index (χ3n) is 2.45. The topological polar surface area (TPSA) is 17.8 Å². The Morgan fingerprint density at radius 1 is 1.31 bits per heavy atom. The van der Waals surface area contributed by atoms with Crippen LogP contribution < -0.4 is 0 Å². The highest BCUT2D eigenvalue weighted by molar-refractivity contribution is 5.27. The van der Waals surface area contributed by atoms with Gasteiger partial charge >= 0.3 is 0 Å². The molecule has 0 unspecified atom stereocenters. The Hall–Kier alpha value is -0.790. The molecular weight excluding hydrogens is 160 g/mol. The highest BCUT2D eigenvalue weighted by Crippen LogP contribution is 2.22. The molecule has 0 atom stereocenters. The summed E-state index contributed by atoms with van der Waals surface area (Å²) in [6.07, 6.45) is 1.15. The van der Waals surface area contributed by atoms with Crippen molar-refractivity contribution >= 4 is 0 Å². The number of aryl methyl sites for hydroxylation is 2. The number of rotatable bonds is 3. The number of aromatic nitrogens is 2. The molecule has 0 saturated heterocycles. The fourth-order valence-corrected chi connectivity index (χ4v) is 1.98. The summed E-state index contributed by atoms with van der Waals surface area (Å²) >= 11 is 0. The average molecular weight is 180 g/mol. The molecule has 13 heavy (non-hydrogen) atoms. The Kier molecular flexibility index (Phi) is 3.12. The molecule has 74 valence electrons. The van der Waals surface area contributed by atoms with Gasteiger partial charge in [-0.05, 0) is 31.7 Å². The Morgan fingerprint density at radius 2 is 1.92 bits per heavy atom. The second kappa shape index (κ2) is 3.95. The standard InChI is InChI=1S/C11H20N2/c1-6-7-13-10(5)11(8(2)3)9(4)12-13/h8H,6-7H2,1-5H3. The first-order valence-corrected chi connectivity index (χ1v) is 5.11. The van der Waals surface area contributed by atoms with Crippen LogP contribution in [0.1, 0.15) is 50.1 Å². The molecule has 2 nitrogen and oxygen atoms in total. The third-order valence-corrected chi connectivity index (χ3v) is 2.45. The van der Waals surface area contributed by atoms with E-state index >= 15 is 0 Å². The predicted molar refractivity (Wildman–Crippen MR) is 56.1 cm³/mol. The van der Waals surface area contributed by atoms with E-state index in [9.17, 15) is 0 Å². The Labute approximate surface area is 81.0 Å². The lowest BCUT2D eigenvalue weighted by molar-refractivity contribution is 0.582. The maximum atomic E-state index is 4.54. The van der Waals surface area contributed by atoms with E-state index in [-0.39, 0.29) is 0 Å². The van der Waals surface area contributed by atoms with Gasteiger partial charge in [-0.15, -0.1) is 0 Å². The van der Waals surface area contributed by atoms with E-state index in [1.807, 2.05) is 0 Å². The van der Waals surface area contributed by atoms with Gasteiger partial charge in [-0.25, -0.2) is 0 Å².